The maximum absolute atomic E-state index is 8.87. The topological polar surface area (TPSA) is 53.6 Å². The van der Waals surface area contributed by atoms with Gasteiger partial charge in [0.2, 0.25) is 0 Å². The van der Waals surface area contributed by atoms with Crippen molar-refractivity contribution in [2.45, 2.75) is 26.4 Å². The van der Waals surface area contributed by atoms with Crippen molar-refractivity contribution >= 4 is 17.3 Å². The molecule has 0 atom stereocenters. The van der Waals surface area contributed by atoms with E-state index in [9.17, 15) is 0 Å². The standard InChI is InChI=1S/C14H15ClN4/c1-10(2)19-9-12(8-18-19)7-17-14-5-11(6-16)3-4-13(14)15/h3-5,8-10,17H,7H2,1-2H3. The molecule has 1 heterocycles. The molecule has 2 rings (SSSR count). The molecule has 5 heteroatoms. The smallest absolute Gasteiger partial charge is 0.0992 e. The molecular formula is C14H15ClN4. The Balaban J connectivity index is 2.07. The number of anilines is 1. The lowest BCUT2D eigenvalue weighted by molar-refractivity contribution is 0.532. The van der Waals surface area contributed by atoms with E-state index in [1.54, 1.807) is 18.2 Å². The lowest BCUT2D eigenvalue weighted by atomic mass is 10.2. The van der Waals surface area contributed by atoms with E-state index >= 15 is 0 Å². The average Bonchev–Trinajstić information content (AvgIpc) is 2.87. The summed E-state index contributed by atoms with van der Waals surface area (Å²) in [7, 11) is 0. The second kappa shape index (κ2) is 5.77. The first-order valence-electron chi connectivity index (χ1n) is 6.06. The Kier molecular flexibility index (Phi) is 4.08. The van der Waals surface area contributed by atoms with Crippen LogP contribution in [0.25, 0.3) is 0 Å². The molecular weight excluding hydrogens is 260 g/mol. The number of hydrogen-bond acceptors (Lipinski definition) is 3. The lowest BCUT2D eigenvalue weighted by Crippen LogP contribution is -2.01. The Labute approximate surface area is 117 Å². The molecule has 0 unspecified atom stereocenters. The van der Waals surface area contributed by atoms with Gasteiger partial charge in [-0.1, -0.05) is 11.6 Å². The van der Waals surface area contributed by atoms with Crippen molar-refractivity contribution in [1.29, 1.82) is 5.26 Å². The Morgan fingerprint density at radius 1 is 1.47 bits per heavy atom. The number of halogens is 1. The first kappa shape index (κ1) is 13.4. The molecule has 0 saturated carbocycles. The van der Waals surface area contributed by atoms with Crippen LogP contribution in [-0.2, 0) is 6.54 Å². The van der Waals surface area contributed by atoms with Crippen molar-refractivity contribution in [3.63, 3.8) is 0 Å². The van der Waals surface area contributed by atoms with Crippen molar-refractivity contribution < 1.29 is 0 Å². The zero-order valence-corrected chi connectivity index (χ0v) is 11.6. The van der Waals surface area contributed by atoms with E-state index in [-0.39, 0.29) is 0 Å². The molecule has 0 saturated heterocycles. The molecule has 19 heavy (non-hydrogen) atoms. The Bertz CT molecular complexity index is 610. The van der Waals surface area contributed by atoms with Gasteiger partial charge in [-0.05, 0) is 32.0 Å². The van der Waals surface area contributed by atoms with Gasteiger partial charge in [0.05, 0.1) is 28.5 Å². The zero-order chi connectivity index (χ0) is 13.8. The predicted molar refractivity (Wildman–Crippen MR) is 76.1 cm³/mol. The molecule has 0 aliphatic rings. The lowest BCUT2D eigenvalue weighted by Gasteiger charge is -2.07. The van der Waals surface area contributed by atoms with Gasteiger partial charge in [-0.15, -0.1) is 0 Å². The van der Waals surface area contributed by atoms with E-state index in [0.29, 0.717) is 23.2 Å². The quantitative estimate of drug-likeness (QED) is 0.927. The molecule has 0 aliphatic carbocycles. The molecule has 2 aromatic rings. The van der Waals surface area contributed by atoms with Crippen molar-refractivity contribution in [3.8, 4) is 6.07 Å². The molecule has 0 radical (unpaired) electrons. The minimum absolute atomic E-state index is 0.347. The third kappa shape index (κ3) is 3.27. The van der Waals surface area contributed by atoms with Crippen molar-refractivity contribution in [1.82, 2.24) is 9.78 Å². The van der Waals surface area contributed by atoms with Crippen LogP contribution in [0.4, 0.5) is 5.69 Å². The summed E-state index contributed by atoms with van der Waals surface area (Å²) in [6.07, 6.45) is 3.83. The molecule has 0 aliphatic heterocycles. The maximum Gasteiger partial charge on any atom is 0.0992 e. The Morgan fingerprint density at radius 3 is 2.89 bits per heavy atom. The first-order valence-corrected chi connectivity index (χ1v) is 6.44. The Morgan fingerprint density at radius 2 is 2.26 bits per heavy atom. The summed E-state index contributed by atoms with van der Waals surface area (Å²) in [5, 5.41) is 17.0. The van der Waals surface area contributed by atoms with Crippen LogP contribution < -0.4 is 5.32 Å². The summed E-state index contributed by atoms with van der Waals surface area (Å²) >= 11 is 6.08. The summed E-state index contributed by atoms with van der Waals surface area (Å²) in [5.41, 5.74) is 2.43. The zero-order valence-electron chi connectivity index (χ0n) is 10.9. The van der Waals surface area contributed by atoms with E-state index in [4.69, 9.17) is 16.9 Å². The van der Waals surface area contributed by atoms with E-state index in [2.05, 4.69) is 30.3 Å². The number of nitriles is 1. The summed E-state index contributed by atoms with van der Waals surface area (Å²) in [5.74, 6) is 0. The number of rotatable bonds is 4. The Hall–Kier alpha value is -1.99. The minimum Gasteiger partial charge on any atom is -0.380 e. The fourth-order valence-corrected chi connectivity index (χ4v) is 1.86. The van der Waals surface area contributed by atoms with Crippen molar-refractivity contribution in [2.24, 2.45) is 0 Å². The normalized spacial score (nSPS) is 10.5. The molecule has 0 amide bonds. The van der Waals surface area contributed by atoms with Gasteiger partial charge >= 0.3 is 0 Å². The number of aromatic nitrogens is 2. The maximum atomic E-state index is 8.87. The van der Waals surface area contributed by atoms with Crippen LogP contribution in [0.5, 0.6) is 0 Å². The van der Waals surface area contributed by atoms with Gasteiger partial charge in [0, 0.05) is 24.3 Å². The summed E-state index contributed by atoms with van der Waals surface area (Å²) in [6.45, 7) is 4.79. The summed E-state index contributed by atoms with van der Waals surface area (Å²) in [6, 6.07) is 7.61. The van der Waals surface area contributed by atoms with Crippen LogP contribution in [0.15, 0.2) is 30.6 Å². The SMILES string of the molecule is CC(C)n1cc(CNc2cc(C#N)ccc2Cl)cn1. The molecule has 1 N–H and O–H groups in total. The van der Waals surface area contributed by atoms with Crippen LogP contribution >= 0.6 is 11.6 Å². The van der Waals surface area contributed by atoms with E-state index < -0.39 is 0 Å². The van der Waals surface area contributed by atoms with Gasteiger partial charge in [0.15, 0.2) is 0 Å². The number of hydrogen-bond donors (Lipinski definition) is 1. The highest BCUT2D eigenvalue weighted by Crippen LogP contribution is 2.23. The van der Waals surface area contributed by atoms with Gasteiger partial charge < -0.3 is 5.32 Å². The monoisotopic (exact) mass is 274 g/mol. The van der Waals surface area contributed by atoms with Crippen LogP contribution in [0, 0.1) is 11.3 Å². The molecule has 0 bridgehead atoms. The predicted octanol–water partition coefficient (Wildman–Crippen LogP) is 3.60. The van der Waals surface area contributed by atoms with E-state index in [1.165, 1.54) is 0 Å². The van der Waals surface area contributed by atoms with Crippen molar-refractivity contribution in [2.75, 3.05) is 5.32 Å². The average molecular weight is 275 g/mol. The molecule has 4 nitrogen and oxygen atoms in total. The highest BCUT2D eigenvalue weighted by molar-refractivity contribution is 6.33. The fourth-order valence-electron chi connectivity index (χ4n) is 1.68. The number of benzene rings is 1. The van der Waals surface area contributed by atoms with E-state index in [0.717, 1.165) is 11.3 Å². The van der Waals surface area contributed by atoms with Crippen LogP contribution in [0.3, 0.4) is 0 Å². The second-order valence-corrected chi connectivity index (χ2v) is 4.99. The van der Waals surface area contributed by atoms with Gasteiger partial charge in [0.25, 0.3) is 0 Å². The molecule has 0 spiro atoms. The molecule has 0 fully saturated rings. The van der Waals surface area contributed by atoms with Crippen molar-refractivity contribution in [3.05, 3.63) is 46.7 Å². The van der Waals surface area contributed by atoms with Gasteiger partial charge in [-0.25, -0.2) is 0 Å². The van der Waals surface area contributed by atoms with Crippen LogP contribution in [0.1, 0.15) is 31.0 Å². The fraction of sp³-hybridized carbons (Fsp3) is 0.286. The number of nitrogens with one attached hydrogen (secondary N) is 1. The van der Waals surface area contributed by atoms with Crippen LogP contribution in [-0.4, -0.2) is 9.78 Å². The molecule has 1 aromatic heterocycles. The van der Waals surface area contributed by atoms with Gasteiger partial charge in [-0.2, -0.15) is 10.4 Å². The first-order chi connectivity index (χ1) is 9.10. The molecule has 1 aromatic carbocycles. The van der Waals surface area contributed by atoms with Gasteiger partial charge in [-0.3, -0.25) is 4.68 Å². The van der Waals surface area contributed by atoms with Crippen LogP contribution in [0.2, 0.25) is 5.02 Å². The minimum atomic E-state index is 0.347. The third-order valence-corrected chi connectivity index (χ3v) is 3.09. The third-order valence-electron chi connectivity index (χ3n) is 2.76. The summed E-state index contributed by atoms with van der Waals surface area (Å²) in [4.78, 5) is 0. The summed E-state index contributed by atoms with van der Waals surface area (Å²) < 4.78 is 1.91. The second-order valence-electron chi connectivity index (χ2n) is 4.58. The van der Waals surface area contributed by atoms with E-state index in [1.807, 2.05) is 17.1 Å². The highest BCUT2D eigenvalue weighted by atomic mass is 35.5. The largest absolute Gasteiger partial charge is 0.380 e. The molecule has 98 valence electrons. The highest BCUT2D eigenvalue weighted by Gasteiger charge is 2.04. The van der Waals surface area contributed by atoms with Gasteiger partial charge in [0.1, 0.15) is 0 Å². The number of nitrogens with zero attached hydrogens (tertiary/aromatic N) is 3.